The van der Waals surface area contributed by atoms with Gasteiger partial charge in [0.05, 0.1) is 0 Å². The maximum absolute atomic E-state index is 14.4. The quantitative estimate of drug-likeness (QED) is 0.394. The van der Waals surface area contributed by atoms with E-state index in [0.717, 1.165) is 23.3 Å². The van der Waals surface area contributed by atoms with Crippen LogP contribution in [0, 0.1) is 11.8 Å². The smallest absolute Gasteiger partial charge is 0.351 e. The molecule has 10 heteroatoms. The lowest BCUT2D eigenvalue weighted by Gasteiger charge is -2.50. The average molecular weight is 557 g/mol. The van der Waals surface area contributed by atoms with Crippen LogP contribution in [0.25, 0.3) is 0 Å². The number of nitrogens with zero attached hydrogens (tertiary/aromatic N) is 2. The van der Waals surface area contributed by atoms with Crippen molar-refractivity contribution in [3.8, 4) is 0 Å². The first-order valence-corrected chi connectivity index (χ1v) is 15.1. The van der Waals surface area contributed by atoms with Crippen molar-refractivity contribution < 1.29 is 33.8 Å². The normalized spacial score (nSPS) is 19.9. The van der Waals surface area contributed by atoms with Gasteiger partial charge in [-0.25, -0.2) is 0 Å². The molecule has 39 heavy (non-hydrogen) atoms. The van der Waals surface area contributed by atoms with Gasteiger partial charge in [-0.1, -0.05) is 75.2 Å². The van der Waals surface area contributed by atoms with Crippen molar-refractivity contribution in [2.45, 2.75) is 70.1 Å². The molecule has 0 spiro atoms. The van der Waals surface area contributed by atoms with Crippen LogP contribution < -0.4 is 4.90 Å². The molecule has 210 valence electrons. The van der Waals surface area contributed by atoms with Crippen LogP contribution in [0.2, 0.25) is 0 Å². The number of amides is 2. The van der Waals surface area contributed by atoms with E-state index in [-0.39, 0.29) is 12.8 Å². The van der Waals surface area contributed by atoms with Gasteiger partial charge in [0.15, 0.2) is 5.28 Å². The summed E-state index contributed by atoms with van der Waals surface area (Å²) in [4.78, 5) is 65.1. The van der Waals surface area contributed by atoms with E-state index in [2.05, 4.69) is 0 Å². The number of rotatable bonds is 9. The molecule has 2 aromatic rings. The number of carboxylic acid groups (broad SMARTS) is 1. The van der Waals surface area contributed by atoms with Gasteiger partial charge < -0.3 is 19.8 Å². The Morgan fingerprint density at radius 2 is 1.64 bits per heavy atom. The molecule has 4 rings (SSSR count). The number of hydrogen-bond acceptors (Lipinski definition) is 4. The Kier molecular flexibility index (Phi) is 8.64. The minimum atomic E-state index is -5.09. The van der Waals surface area contributed by atoms with Gasteiger partial charge in [-0.05, 0) is 48.8 Å². The SMILES string of the molecule is CC(C)C(Cc1ccccc1)(N(C(=O)C1CCCC1)[C@H]1CCc2ccccc2N(CC(=O)O)C1=O)P(=O)(O)O. The van der Waals surface area contributed by atoms with E-state index >= 15 is 0 Å². The summed E-state index contributed by atoms with van der Waals surface area (Å²) >= 11 is 0. The third-order valence-electron chi connectivity index (χ3n) is 8.22. The number of fused-ring (bicyclic) bond motifs is 1. The van der Waals surface area contributed by atoms with Gasteiger partial charge in [0.25, 0.3) is 0 Å². The Balaban J connectivity index is 1.93. The van der Waals surface area contributed by atoms with Crippen molar-refractivity contribution in [2.24, 2.45) is 11.8 Å². The first-order chi connectivity index (χ1) is 18.5. The summed E-state index contributed by atoms with van der Waals surface area (Å²) < 4.78 is 13.7. The summed E-state index contributed by atoms with van der Waals surface area (Å²) in [5.74, 6) is -3.49. The molecule has 2 atom stereocenters. The van der Waals surface area contributed by atoms with Crippen LogP contribution in [0.15, 0.2) is 54.6 Å². The summed E-state index contributed by atoms with van der Waals surface area (Å²) in [7, 11) is -5.09. The number of para-hydroxylation sites is 1. The van der Waals surface area contributed by atoms with Gasteiger partial charge in [0.1, 0.15) is 12.6 Å². The van der Waals surface area contributed by atoms with Gasteiger partial charge in [0.2, 0.25) is 11.8 Å². The van der Waals surface area contributed by atoms with E-state index in [1.807, 2.05) is 6.07 Å². The maximum atomic E-state index is 14.4. The van der Waals surface area contributed by atoms with Gasteiger partial charge in [0, 0.05) is 18.0 Å². The molecule has 9 nitrogen and oxygen atoms in total. The second kappa shape index (κ2) is 11.6. The van der Waals surface area contributed by atoms with E-state index in [1.165, 1.54) is 4.90 Å². The predicted molar refractivity (Wildman–Crippen MR) is 147 cm³/mol. The fourth-order valence-electron chi connectivity index (χ4n) is 6.26. The van der Waals surface area contributed by atoms with Gasteiger partial charge in [-0.15, -0.1) is 0 Å². The summed E-state index contributed by atoms with van der Waals surface area (Å²) in [6, 6.07) is 14.6. The molecule has 0 aromatic heterocycles. The number of carbonyl (C=O) groups excluding carboxylic acids is 2. The monoisotopic (exact) mass is 556 g/mol. The van der Waals surface area contributed by atoms with Crippen molar-refractivity contribution in [1.82, 2.24) is 4.90 Å². The molecule has 1 aliphatic carbocycles. The highest BCUT2D eigenvalue weighted by atomic mass is 31.2. The molecule has 2 amide bonds. The Morgan fingerprint density at radius 1 is 1.03 bits per heavy atom. The van der Waals surface area contributed by atoms with Crippen LogP contribution in [0.4, 0.5) is 5.69 Å². The van der Waals surface area contributed by atoms with Crippen molar-refractivity contribution in [2.75, 3.05) is 11.4 Å². The highest BCUT2D eigenvalue weighted by molar-refractivity contribution is 7.53. The summed E-state index contributed by atoms with van der Waals surface area (Å²) in [5, 5.41) is 7.67. The number of carbonyl (C=O) groups is 3. The second-order valence-corrected chi connectivity index (χ2v) is 12.8. The third kappa shape index (κ3) is 5.67. The third-order valence-corrected chi connectivity index (χ3v) is 10.1. The molecule has 0 bridgehead atoms. The topological polar surface area (TPSA) is 135 Å². The molecule has 0 radical (unpaired) electrons. The molecule has 1 saturated carbocycles. The number of aliphatic carboxylic acids is 1. The van der Waals surface area contributed by atoms with Crippen molar-refractivity contribution in [1.29, 1.82) is 0 Å². The zero-order valence-electron chi connectivity index (χ0n) is 22.4. The highest BCUT2D eigenvalue weighted by Crippen LogP contribution is 2.59. The van der Waals surface area contributed by atoms with Crippen molar-refractivity contribution in [3.05, 3.63) is 65.7 Å². The molecule has 1 fully saturated rings. The molecule has 2 aromatic carbocycles. The lowest BCUT2D eigenvalue weighted by molar-refractivity contribution is -0.150. The fourth-order valence-corrected chi connectivity index (χ4v) is 7.84. The zero-order chi connectivity index (χ0) is 28.4. The fraction of sp³-hybridized carbons (Fsp3) is 0.483. The van der Waals surface area contributed by atoms with Gasteiger partial charge in [-0.2, -0.15) is 0 Å². The van der Waals surface area contributed by atoms with Crippen LogP contribution in [-0.4, -0.2) is 55.4 Å². The van der Waals surface area contributed by atoms with Crippen molar-refractivity contribution >= 4 is 31.1 Å². The minimum absolute atomic E-state index is 0.119. The number of benzene rings is 2. The lowest BCUT2D eigenvalue weighted by Crippen LogP contribution is -2.64. The highest BCUT2D eigenvalue weighted by Gasteiger charge is 2.59. The number of anilines is 1. The van der Waals surface area contributed by atoms with Crippen LogP contribution in [0.5, 0.6) is 0 Å². The minimum Gasteiger partial charge on any atom is -0.480 e. The molecule has 0 saturated heterocycles. The Hall–Kier alpha value is -3.00. The molecule has 1 heterocycles. The van der Waals surface area contributed by atoms with Crippen LogP contribution in [0.1, 0.15) is 57.1 Å². The second-order valence-electron chi connectivity index (χ2n) is 10.9. The van der Waals surface area contributed by atoms with Crippen LogP contribution in [0.3, 0.4) is 0 Å². The molecule has 2 aliphatic rings. The Bertz CT molecular complexity index is 1260. The summed E-state index contributed by atoms with van der Waals surface area (Å²) in [6.07, 6.45) is 3.12. The summed E-state index contributed by atoms with van der Waals surface area (Å²) in [6.45, 7) is 2.71. The number of hydrogen-bond donors (Lipinski definition) is 3. The standard InChI is InChI=1S/C29H37N2O7P/c1-20(2)29(39(36,37)38,18-21-10-4-3-5-11-21)31(27(34)23-13-6-7-14-23)25-17-16-22-12-8-9-15-24(22)30(28(25)35)19-26(32)33/h3-5,8-12,15,20,23,25H,6-7,13-14,16-19H2,1-2H3,(H,32,33)(H2,36,37,38)/t25-,29?/m0/s1. The number of carboxylic acids is 1. The van der Waals surface area contributed by atoms with E-state index in [0.29, 0.717) is 30.5 Å². The average Bonchev–Trinajstić information content (AvgIpc) is 3.39. The Morgan fingerprint density at radius 3 is 2.23 bits per heavy atom. The predicted octanol–water partition coefficient (Wildman–Crippen LogP) is 4.21. The first-order valence-electron chi connectivity index (χ1n) is 13.5. The molecule has 1 unspecified atom stereocenters. The molecule has 3 N–H and O–H groups in total. The molecular weight excluding hydrogens is 519 g/mol. The van der Waals surface area contributed by atoms with Gasteiger partial charge in [-0.3, -0.25) is 23.8 Å². The summed E-state index contributed by atoms with van der Waals surface area (Å²) in [5.41, 5.74) is 1.82. The zero-order valence-corrected chi connectivity index (χ0v) is 23.3. The van der Waals surface area contributed by atoms with E-state index in [4.69, 9.17) is 0 Å². The molecular formula is C29H37N2O7P. The van der Waals surface area contributed by atoms with E-state index in [9.17, 15) is 33.8 Å². The maximum Gasteiger partial charge on any atom is 0.351 e. The number of aryl methyl sites for hydroxylation is 1. The largest absolute Gasteiger partial charge is 0.480 e. The van der Waals surface area contributed by atoms with Crippen LogP contribution in [-0.2, 0) is 31.8 Å². The van der Waals surface area contributed by atoms with Gasteiger partial charge >= 0.3 is 13.6 Å². The van der Waals surface area contributed by atoms with Crippen molar-refractivity contribution in [3.63, 3.8) is 0 Å². The van der Waals surface area contributed by atoms with E-state index in [1.54, 1.807) is 62.4 Å². The first kappa shape index (κ1) is 29.0. The molecule has 1 aliphatic heterocycles. The van der Waals surface area contributed by atoms with Crippen LogP contribution >= 0.6 is 7.60 Å². The lowest BCUT2D eigenvalue weighted by atomic mass is 9.89. The Labute approximate surface area is 229 Å². The van der Waals surface area contributed by atoms with E-state index < -0.39 is 55.1 Å².